The first-order valence-electron chi connectivity index (χ1n) is 6.41. The lowest BCUT2D eigenvalue weighted by Crippen LogP contribution is -2.29. The smallest absolute Gasteiger partial charge is 0.260 e. The molecular formula is C15H13ClFN3O2. The number of benzene rings is 1. The van der Waals surface area contributed by atoms with Gasteiger partial charge in [0, 0.05) is 17.8 Å². The highest BCUT2D eigenvalue weighted by atomic mass is 35.5. The van der Waals surface area contributed by atoms with Gasteiger partial charge in [-0.05, 0) is 31.2 Å². The maximum atomic E-state index is 13.0. The Hall–Kier alpha value is -2.47. The molecule has 7 heteroatoms. The summed E-state index contributed by atoms with van der Waals surface area (Å²) in [6.07, 6.45) is 1.51. The average Bonchev–Trinajstić information content (AvgIpc) is 2.47. The maximum absolute atomic E-state index is 13.0. The first-order chi connectivity index (χ1) is 10.5. The van der Waals surface area contributed by atoms with Crippen molar-refractivity contribution < 1.29 is 9.18 Å². The Morgan fingerprint density at radius 1 is 1.36 bits per heavy atom. The minimum atomic E-state index is -0.453. The number of nitrogens with one attached hydrogen (secondary N) is 1. The molecule has 1 amide bonds. The third kappa shape index (κ3) is 4.02. The van der Waals surface area contributed by atoms with Crippen molar-refractivity contribution >= 4 is 23.2 Å². The number of carbonyl (C=O) groups excluding carboxylic acids is 1. The third-order valence-electron chi connectivity index (χ3n) is 2.88. The van der Waals surface area contributed by atoms with Crippen molar-refractivity contribution in [3.05, 3.63) is 69.4 Å². The van der Waals surface area contributed by atoms with Crippen LogP contribution in [-0.2, 0) is 11.3 Å². The Morgan fingerprint density at radius 2 is 2.14 bits per heavy atom. The summed E-state index contributed by atoms with van der Waals surface area (Å²) < 4.78 is 14.2. The molecule has 0 aliphatic heterocycles. The highest BCUT2D eigenvalue weighted by molar-refractivity contribution is 6.34. The maximum Gasteiger partial charge on any atom is 0.260 e. The molecule has 1 aromatic heterocycles. The topological polar surface area (TPSA) is 63.5 Å². The molecule has 114 valence electrons. The molecule has 0 fully saturated rings. The molecule has 0 unspecified atom stereocenters. The first kappa shape index (κ1) is 15.9. The molecule has 2 aromatic rings. The molecule has 0 bridgehead atoms. The van der Waals surface area contributed by atoms with Crippen molar-refractivity contribution in [1.82, 2.24) is 9.99 Å². The van der Waals surface area contributed by atoms with Crippen LogP contribution in [-0.4, -0.2) is 16.2 Å². The lowest BCUT2D eigenvalue weighted by Gasteiger charge is -2.06. The van der Waals surface area contributed by atoms with Crippen LogP contribution in [0.15, 0.2) is 52.5 Å². The molecule has 0 saturated heterocycles. The zero-order valence-electron chi connectivity index (χ0n) is 11.7. The van der Waals surface area contributed by atoms with E-state index >= 15 is 0 Å². The molecule has 0 atom stereocenters. The Morgan fingerprint density at radius 3 is 2.82 bits per heavy atom. The van der Waals surface area contributed by atoms with Crippen LogP contribution in [0.2, 0.25) is 5.02 Å². The van der Waals surface area contributed by atoms with Crippen LogP contribution in [0.25, 0.3) is 0 Å². The quantitative estimate of drug-likeness (QED) is 0.693. The second-order valence-electron chi connectivity index (χ2n) is 4.52. The van der Waals surface area contributed by atoms with Crippen molar-refractivity contribution in [3.63, 3.8) is 0 Å². The van der Waals surface area contributed by atoms with E-state index in [0.717, 1.165) is 0 Å². The van der Waals surface area contributed by atoms with Gasteiger partial charge in [-0.25, -0.2) is 9.82 Å². The molecule has 0 spiro atoms. The number of halogens is 2. The summed E-state index contributed by atoms with van der Waals surface area (Å²) in [5, 5.41) is 4.11. The number of pyridine rings is 1. The van der Waals surface area contributed by atoms with E-state index in [9.17, 15) is 14.0 Å². The monoisotopic (exact) mass is 321 g/mol. The lowest BCUT2D eigenvalue weighted by molar-refractivity contribution is -0.121. The molecule has 0 radical (unpaired) electrons. The number of nitrogens with zero attached hydrogens (tertiary/aromatic N) is 2. The SMILES string of the molecule is C/C(=N/NC(=O)Cn1ccccc1=O)c1ccc(F)cc1Cl. The van der Waals surface area contributed by atoms with Gasteiger partial charge >= 0.3 is 0 Å². The van der Waals surface area contributed by atoms with Gasteiger partial charge in [0.05, 0.1) is 10.7 Å². The van der Waals surface area contributed by atoms with E-state index in [1.807, 2.05) is 0 Å². The van der Waals surface area contributed by atoms with E-state index in [1.54, 1.807) is 19.1 Å². The Labute approximate surface area is 131 Å². The van der Waals surface area contributed by atoms with Gasteiger partial charge in [0.2, 0.25) is 0 Å². The first-order valence-corrected chi connectivity index (χ1v) is 6.79. The number of aromatic nitrogens is 1. The molecule has 0 aliphatic rings. The van der Waals surface area contributed by atoms with Gasteiger partial charge in [-0.3, -0.25) is 9.59 Å². The summed E-state index contributed by atoms with van der Waals surface area (Å²) in [7, 11) is 0. The highest BCUT2D eigenvalue weighted by Gasteiger charge is 2.07. The lowest BCUT2D eigenvalue weighted by atomic mass is 10.1. The van der Waals surface area contributed by atoms with E-state index in [0.29, 0.717) is 11.3 Å². The molecule has 1 N–H and O–H groups in total. The van der Waals surface area contributed by atoms with Crippen molar-refractivity contribution in [1.29, 1.82) is 0 Å². The number of hydrazone groups is 1. The predicted molar refractivity (Wildman–Crippen MR) is 82.5 cm³/mol. The molecule has 22 heavy (non-hydrogen) atoms. The number of carbonyl (C=O) groups is 1. The number of hydrogen-bond acceptors (Lipinski definition) is 3. The summed E-state index contributed by atoms with van der Waals surface area (Å²) in [6.45, 7) is 1.49. The fourth-order valence-electron chi connectivity index (χ4n) is 1.77. The van der Waals surface area contributed by atoms with E-state index in [2.05, 4.69) is 10.5 Å². The third-order valence-corrected chi connectivity index (χ3v) is 3.19. The van der Waals surface area contributed by atoms with Gasteiger partial charge in [-0.2, -0.15) is 5.10 Å². The van der Waals surface area contributed by atoms with Gasteiger partial charge < -0.3 is 4.57 Å². The molecule has 1 aromatic carbocycles. The summed E-state index contributed by atoms with van der Waals surface area (Å²) >= 11 is 5.91. The predicted octanol–water partition coefficient (Wildman–Crippen LogP) is 2.18. The standard InChI is InChI=1S/C15H13ClFN3O2/c1-10(12-6-5-11(17)8-13(12)16)18-19-14(21)9-20-7-3-2-4-15(20)22/h2-8H,9H2,1H3,(H,19,21)/b18-10-. The largest absolute Gasteiger partial charge is 0.306 e. The van der Waals surface area contributed by atoms with Crippen molar-refractivity contribution in [2.45, 2.75) is 13.5 Å². The van der Waals surface area contributed by atoms with Gasteiger partial charge in [0.1, 0.15) is 12.4 Å². The number of hydrogen-bond donors (Lipinski definition) is 1. The number of rotatable bonds is 4. The van der Waals surface area contributed by atoms with Crippen LogP contribution >= 0.6 is 11.6 Å². The zero-order valence-corrected chi connectivity index (χ0v) is 12.5. The van der Waals surface area contributed by atoms with Gasteiger partial charge in [0.15, 0.2) is 0 Å². The van der Waals surface area contributed by atoms with E-state index < -0.39 is 11.7 Å². The van der Waals surface area contributed by atoms with Crippen LogP contribution in [0.1, 0.15) is 12.5 Å². The highest BCUT2D eigenvalue weighted by Crippen LogP contribution is 2.17. The molecule has 2 rings (SSSR count). The molecule has 1 heterocycles. The Balaban J connectivity index is 2.06. The molecule has 0 aliphatic carbocycles. The average molecular weight is 322 g/mol. The van der Waals surface area contributed by atoms with E-state index in [4.69, 9.17) is 11.6 Å². The molecular weight excluding hydrogens is 309 g/mol. The molecule has 0 saturated carbocycles. The van der Waals surface area contributed by atoms with Crippen molar-refractivity contribution in [2.24, 2.45) is 5.10 Å². The van der Waals surface area contributed by atoms with Gasteiger partial charge in [0.25, 0.3) is 11.5 Å². The van der Waals surface area contributed by atoms with Crippen molar-refractivity contribution in [2.75, 3.05) is 0 Å². The number of amides is 1. The van der Waals surface area contributed by atoms with Crippen LogP contribution in [0.5, 0.6) is 0 Å². The fourth-order valence-corrected chi connectivity index (χ4v) is 2.07. The van der Waals surface area contributed by atoms with Crippen LogP contribution in [0, 0.1) is 5.82 Å². The fraction of sp³-hybridized carbons (Fsp3) is 0.133. The Bertz CT molecular complexity index is 786. The Kier molecular flexibility index (Phi) is 5.06. The van der Waals surface area contributed by atoms with Gasteiger partial charge in [-0.15, -0.1) is 0 Å². The van der Waals surface area contributed by atoms with E-state index in [-0.39, 0.29) is 17.1 Å². The minimum absolute atomic E-state index is 0.145. The normalized spacial score (nSPS) is 11.3. The van der Waals surface area contributed by atoms with Gasteiger partial charge in [-0.1, -0.05) is 17.7 Å². The molecule has 5 nitrogen and oxygen atoms in total. The second kappa shape index (κ2) is 7.00. The van der Waals surface area contributed by atoms with Crippen LogP contribution in [0.3, 0.4) is 0 Å². The summed E-state index contributed by atoms with van der Waals surface area (Å²) in [5.41, 5.74) is 3.00. The van der Waals surface area contributed by atoms with Crippen LogP contribution in [0.4, 0.5) is 4.39 Å². The van der Waals surface area contributed by atoms with Crippen LogP contribution < -0.4 is 11.0 Å². The second-order valence-corrected chi connectivity index (χ2v) is 4.93. The summed E-state index contributed by atoms with van der Waals surface area (Å²) in [6, 6.07) is 8.51. The summed E-state index contributed by atoms with van der Waals surface area (Å²) in [5.74, 6) is -0.903. The summed E-state index contributed by atoms with van der Waals surface area (Å²) in [4.78, 5) is 23.3. The van der Waals surface area contributed by atoms with E-state index in [1.165, 1.54) is 35.0 Å². The zero-order chi connectivity index (χ0) is 16.1. The minimum Gasteiger partial charge on any atom is -0.306 e. The van der Waals surface area contributed by atoms with Crippen molar-refractivity contribution in [3.8, 4) is 0 Å².